The van der Waals surface area contributed by atoms with Gasteiger partial charge in [-0.15, -0.1) is 0 Å². The molecule has 2 N–H and O–H groups in total. The minimum atomic E-state index is -0.340. The molecule has 4 rings (SSSR count). The van der Waals surface area contributed by atoms with Crippen LogP contribution >= 0.6 is 0 Å². The molecule has 0 aliphatic carbocycles. The van der Waals surface area contributed by atoms with E-state index >= 15 is 0 Å². The minimum absolute atomic E-state index is 0.269. The highest BCUT2D eigenvalue weighted by Gasteiger charge is 2.14. The number of aromatic nitrogens is 2. The maximum absolute atomic E-state index is 11.5. The van der Waals surface area contributed by atoms with Gasteiger partial charge in [-0.3, -0.25) is 0 Å². The van der Waals surface area contributed by atoms with Crippen LogP contribution in [0.2, 0.25) is 0 Å². The Morgan fingerprint density at radius 1 is 0.867 bits per heavy atom. The Morgan fingerprint density at radius 3 is 1.97 bits per heavy atom. The van der Waals surface area contributed by atoms with Gasteiger partial charge in [0.05, 0.1) is 25.3 Å². The Bertz CT molecular complexity index is 1220. The van der Waals surface area contributed by atoms with E-state index in [-0.39, 0.29) is 11.9 Å². The Kier molecular flexibility index (Phi) is 6.37. The summed E-state index contributed by atoms with van der Waals surface area (Å²) >= 11 is 0. The molecule has 0 spiro atoms. The lowest BCUT2D eigenvalue weighted by molar-refractivity contribution is 0.0591. The van der Waals surface area contributed by atoms with Crippen molar-refractivity contribution in [1.29, 1.82) is 0 Å². The first-order chi connectivity index (χ1) is 14.5. The number of nitrogens with one attached hydrogen (secondary N) is 2. The Balaban J connectivity index is 0.000000171. The topological polar surface area (TPSA) is 84.2 Å². The van der Waals surface area contributed by atoms with Crippen molar-refractivity contribution in [3.05, 3.63) is 77.6 Å². The molecule has 0 amide bonds. The van der Waals surface area contributed by atoms with Gasteiger partial charge in [-0.25, -0.2) is 9.59 Å². The average Bonchev–Trinajstić information content (AvgIpc) is 3.46. The van der Waals surface area contributed by atoms with Crippen LogP contribution in [0.1, 0.15) is 38.8 Å². The number of aromatic amines is 2. The number of hydrogen-bond acceptors (Lipinski definition) is 4. The molecule has 0 bridgehead atoms. The largest absolute Gasteiger partial charge is 0.465 e. The second kappa shape index (κ2) is 9.13. The molecule has 0 unspecified atom stereocenters. The molecule has 0 atom stereocenters. The highest BCUT2D eigenvalue weighted by atomic mass is 16.5. The maximum atomic E-state index is 11.5. The summed E-state index contributed by atoms with van der Waals surface area (Å²) in [5.74, 6) is -0.608. The fraction of sp³-hybridized carbons (Fsp3) is 0.167. The zero-order chi connectivity index (χ0) is 21.7. The SMILES string of the molecule is C=Cc1c(C(=O)OC)ccc2[nH]ccc12.CCc1c(C(=O)OC)ccc2[nH]ccc12. The molecule has 0 saturated heterocycles. The Labute approximate surface area is 174 Å². The van der Waals surface area contributed by atoms with Gasteiger partial charge in [-0.1, -0.05) is 19.6 Å². The lowest BCUT2D eigenvalue weighted by Gasteiger charge is -2.06. The lowest BCUT2D eigenvalue weighted by atomic mass is 10.0. The molecule has 2 aromatic heterocycles. The third kappa shape index (κ3) is 3.85. The molecule has 2 heterocycles. The summed E-state index contributed by atoms with van der Waals surface area (Å²) < 4.78 is 9.46. The van der Waals surface area contributed by atoms with Crippen LogP contribution < -0.4 is 0 Å². The molecule has 2 aromatic carbocycles. The van der Waals surface area contributed by atoms with E-state index < -0.39 is 0 Å². The second-order valence-electron chi connectivity index (χ2n) is 6.54. The van der Waals surface area contributed by atoms with Gasteiger partial charge in [0.15, 0.2) is 0 Å². The van der Waals surface area contributed by atoms with Gasteiger partial charge in [0.25, 0.3) is 0 Å². The van der Waals surface area contributed by atoms with Crippen molar-refractivity contribution in [2.24, 2.45) is 0 Å². The van der Waals surface area contributed by atoms with E-state index in [9.17, 15) is 9.59 Å². The molecule has 6 heteroatoms. The maximum Gasteiger partial charge on any atom is 0.338 e. The van der Waals surface area contributed by atoms with Crippen molar-refractivity contribution in [3.8, 4) is 0 Å². The summed E-state index contributed by atoms with van der Waals surface area (Å²) in [5.41, 5.74) is 5.09. The normalized spacial score (nSPS) is 10.4. The number of carbonyl (C=O) groups excluding carboxylic acids is 2. The van der Waals surface area contributed by atoms with Crippen molar-refractivity contribution in [2.45, 2.75) is 13.3 Å². The number of hydrogen-bond donors (Lipinski definition) is 2. The number of ether oxygens (including phenoxy) is 2. The Hall–Kier alpha value is -3.80. The molecule has 154 valence electrons. The van der Waals surface area contributed by atoms with E-state index in [1.165, 1.54) is 14.2 Å². The Morgan fingerprint density at radius 2 is 1.40 bits per heavy atom. The van der Waals surface area contributed by atoms with Crippen molar-refractivity contribution >= 4 is 39.8 Å². The van der Waals surface area contributed by atoms with Crippen LogP contribution in [0.4, 0.5) is 0 Å². The van der Waals surface area contributed by atoms with E-state index in [2.05, 4.69) is 16.5 Å². The average molecular weight is 404 g/mol. The van der Waals surface area contributed by atoms with Crippen molar-refractivity contribution in [1.82, 2.24) is 9.97 Å². The summed E-state index contributed by atoms with van der Waals surface area (Å²) in [4.78, 5) is 29.2. The second-order valence-corrected chi connectivity index (χ2v) is 6.54. The number of aryl methyl sites for hydroxylation is 1. The molecule has 0 radical (unpaired) electrons. The van der Waals surface area contributed by atoms with Gasteiger partial charge in [0, 0.05) is 34.2 Å². The number of methoxy groups -OCH3 is 2. The number of carbonyl (C=O) groups is 2. The summed E-state index contributed by atoms with van der Waals surface area (Å²) in [6, 6.07) is 11.2. The molecule has 0 aliphatic heterocycles. The van der Waals surface area contributed by atoms with E-state index in [1.807, 2.05) is 49.6 Å². The zero-order valence-corrected chi connectivity index (χ0v) is 17.2. The molecule has 4 aromatic rings. The first-order valence-corrected chi connectivity index (χ1v) is 9.53. The molecule has 6 nitrogen and oxygen atoms in total. The summed E-state index contributed by atoms with van der Waals surface area (Å²) in [6.45, 7) is 5.75. The number of esters is 2. The number of H-pyrrole nitrogens is 2. The van der Waals surface area contributed by atoms with Crippen molar-refractivity contribution in [3.63, 3.8) is 0 Å². The summed E-state index contributed by atoms with van der Waals surface area (Å²) in [6.07, 6.45) is 6.20. The van der Waals surface area contributed by atoms with Gasteiger partial charge in [-0.2, -0.15) is 0 Å². The summed E-state index contributed by atoms with van der Waals surface area (Å²) in [5, 5.41) is 2.08. The first-order valence-electron chi connectivity index (χ1n) is 9.53. The van der Waals surface area contributed by atoms with Gasteiger partial charge < -0.3 is 19.4 Å². The quantitative estimate of drug-likeness (QED) is 0.463. The summed E-state index contributed by atoms with van der Waals surface area (Å²) in [7, 11) is 2.78. The number of fused-ring (bicyclic) bond motifs is 2. The third-order valence-electron chi connectivity index (χ3n) is 4.99. The van der Waals surface area contributed by atoms with Crippen molar-refractivity contribution < 1.29 is 19.1 Å². The van der Waals surface area contributed by atoms with Gasteiger partial charge >= 0.3 is 11.9 Å². The molecule has 0 aliphatic rings. The van der Waals surface area contributed by atoms with Crippen LogP contribution in [0.3, 0.4) is 0 Å². The van der Waals surface area contributed by atoms with E-state index in [4.69, 9.17) is 9.47 Å². The fourth-order valence-corrected chi connectivity index (χ4v) is 3.54. The standard InChI is InChI=1S/C12H13NO2.C12H11NO2/c2*1-3-8-9-6-7-13-11(9)5-4-10(8)12(14)15-2/h4-7,13H,3H2,1-2H3;3-7,13H,1H2,2H3. The van der Waals surface area contributed by atoms with E-state index in [0.717, 1.165) is 39.4 Å². The molecular weight excluding hydrogens is 380 g/mol. The molecule has 0 fully saturated rings. The van der Waals surface area contributed by atoms with Crippen LogP contribution in [-0.2, 0) is 15.9 Å². The monoisotopic (exact) mass is 404 g/mol. The fourth-order valence-electron chi connectivity index (χ4n) is 3.54. The van der Waals surface area contributed by atoms with E-state index in [0.29, 0.717) is 11.1 Å². The first kappa shape index (κ1) is 20.9. The molecular formula is C24H24N2O4. The number of rotatable bonds is 4. The van der Waals surface area contributed by atoms with Gasteiger partial charge in [-0.05, 0) is 53.9 Å². The zero-order valence-electron chi connectivity index (χ0n) is 17.2. The molecule has 30 heavy (non-hydrogen) atoms. The molecule has 0 saturated carbocycles. The van der Waals surface area contributed by atoms with E-state index in [1.54, 1.807) is 12.1 Å². The van der Waals surface area contributed by atoms with Crippen LogP contribution in [0.25, 0.3) is 27.9 Å². The van der Waals surface area contributed by atoms with Crippen LogP contribution in [0, 0.1) is 0 Å². The van der Waals surface area contributed by atoms with Gasteiger partial charge in [0.2, 0.25) is 0 Å². The smallest absolute Gasteiger partial charge is 0.338 e. The highest BCUT2D eigenvalue weighted by molar-refractivity contribution is 6.02. The van der Waals surface area contributed by atoms with Crippen LogP contribution in [-0.4, -0.2) is 36.1 Å². The predicted molar refractivity (Wildman–Crippen MR) is 119 cm³/mol. The number of benzene rings is 2. The third-order valence-corrected chi connectivity index (χ3v) is 4.99. The predicted octanol–water partition coefficient (Wildman–Crippen LogP) is 5.11. The highest BCUT2D eigenvalue weighted by Crippen LogP contribution is 2.24. The van der Waals surface area contributed by atoms with Crippen molar-refractivity contribution in [2.75, 3.05) is 14.2 Å². The minimum Gasteiger partial charge on any atom is -0.465 e. The van der Waals surface area contributed by atoms with Gasteiger partial charge in [0.1, 0.15) is 0 Å². The van der Waals surface area contributed by atoms with Crippen LogP contribution in [0.15, 0.2) is 55.4 Å². The van der Waals surface area contributed by atoms with Crippen LogP contribution in [0.5, 0.6) is 0 Å². The lowest BCUT2D eigenvalue weighted by Crippen LogP contribution is -2.05.